The van der Waals surface area contributed by atoms with Gasteiger partial charge in [0.2, 0.25) is 0 Å². The summed E-state index contributed by atoms with van der Waals surface area (Å²) in [5.74, 6) is 0.853. The van der Waals surface area contributed by atoms with Gasteiger partial charge in [-0.1, -0.05) is 11.6 Å². The van der Waals surface area contributed by atoms with Crippen molar-refractivity contribution in [3.8, 4) is 0 Å². The fraction of sp³-hybridized carbons (Fsp3) is 0.560. The summed E-state index contributed by atoms with van der Waals surface area (Å²) < 4.78 is 7.40. The number of aliphatic imine (C=N–C) groups is 2. The molecular formula is C25H32ClN7O2. The number of aliphatic hydroxyl groups excluding tert-OH is 1. The molecule has 2 unspecified atom stereocenters. The predicted octanol–water partition coefficient (Wildman–Crippen LogP) is 2.60. The van der Waals surface area contributed by atoms with E-state index in [2.05, 4.69) is 43.9 Å². The summed E-state index contributed by atoms with van der Waals surface area (Å²) in [7, 11) is 0. The summed E-state index contributed by atoms with van der Waals surface area (Å²) >= 11 is 6.64. The van der Waals surface area contributed by atoms with Crippen LogP contribution in [0.1, 0.15) is 30.4 Å². The molecule has 2 saturated heterocycles. The number of hydrogen-bond donors (Lipinski definition) is 2. The van der Waals surface area contributed by atoms with E-state index in [0.29, 0.717) is 24.1 Å². The third kappa shape index (κ3) is 3.94. The Balaban J connectivity index is 1.20. The van der Waals surface area contributed by atoms with Crippen molar-refractivity contribution in [2.24, 2.45) is 21.6 Å². The fourth-order valence-corrected chi connectivity index (χ4v) is 6.41. The molecule has 9 nitrogen and oxygen atoms in total. The molecule has 3 N–H and O–H groups in total. The Labute approximate surface area is 210 Å². The summed E-state index contributed by atoms with van der Waals surface area (Å²) in [5.41, 5.74) is 10.4. The van der Waals surface area contributed by atoms with Crippen LogP contribution in [-0.2, 0) is 10.3 Å². The molecule has 1 aromatic carbocycles. The van der Waals surface area contributed by atoms with Crippen LogP contribution in [0.2, 0.25) is 5.15 Å². The first-order chi connectivity index (χ1) is 17.0. The molecule has 2 bridgehead atoms. The zero-order valence-corrected chi connectivity index (χ0v) is 20.7. The molecule has 7 rings (SSSR count). The van der Waals surface area contributed by atoms with Crippen LogP contribution in [0.25, 0.3) is 0 Å². The monoisotopic (exact) mass is 497 g/mol. The third-order valence-corrected chi connectivity index (χ3v) is 8.55. The van der Waals surface area contributed by atoms with Gasteiger partial charge in [-0.3, -0.25) is 9.89 Å². The minimum absolute atomic E-state index is 0.0972. The van der Waals surface area contributed by atoms with Crippen LogP contribution in [-0.4, -0.2) is 83.9 Å². The average molecular weight is 498 g/mol. The predicted molar refractivity (Wildman–Crippen MR) is 138 cm³/mol. The van der Waals surface area contributed by atoms with Crippen LogP contribution >= 0.6 is 11.6 Å². The molecule has 10 heteroatoms. The van der Waals surface area contributed by atoms with E-state index < -0.39 is 6.10 Å². The largest absolute Gasteiger partial charge is 0.390 e. The van der Waals surface area contributed by atoms with Gasteiger partial charge in [0.1, 0.15) is 5.69 Å². The lowest BCUT2D eigenvalue weighted by Gasteiger charge is -2.61. The zero-order chi connectivity index (χ0) is 24.2. The van der Waals surface area contributed by atoms with Crippen molar-refractivity contribution in [2.45, 2.75) is 43.9 Å². The third-order valence-electron chi connectivity index (χ3n) is 8.19. The van der Waals surface area contributed by atoms with Crippen LogP contribution in [0, 0.1) is 12.8 Å². The van der Waals surface area contributed by atoms with Crippen molar-refractivity contribution < 1.29 is 9.84 Å². The van der Waals surface area contributed by atoms with Gasteiger partial charge >= 0.3 is 0 Å². The lowest BCUT2D eigenvalue weighted by Crippen LogP contribution is -2.59. The number of aromatic nitrogens is 2. The SMILES string of the molecule is Cc1cc(C=Nc2cnn(C34CC(C3)C4)c2Cl)c(N=CN)cc1N1CCN(C2COCC2O)CC1. The first-order valence-corrected chi connectivity index (χ1v) is 12.8. The summed E-state index contributed by atoms with van der Waals surface area (Å²) in [6, 6.07) is 4.28. The highest BCUT2D eigenvalue weighted by Crippen LogP contribution is 2.63. The lowest BCUT2D eigenvalue weighted by molar-refractivity contribution is -0.0975. The maximum absolute atomic E-state index is 10.2. The van der Waals surface area contributed by atoms with Crippen molar-refractivity contribution in [1.82, 2.24) is 14.7 Å². The van der Waals surface area contributed by atoms with E-state index in [1.165, 1.54) is 25.6 Å². The average Bonchev–Trinajstić information content (AvgIpc) is 3.38. The van der Waals surface area contributed by atoms with Crippen LogP contribution in [0.3, 0.4) is 0 Å². The molecular weight excluding hydrogens is 466 g/mol. The van der Waals surface area contributed by atoms with E-state index in [4.69, 9.17) is 22.1 Å². The molecule has 5 aliphatic rings. The Morgan fingerprint density at radius 2 is 1.91 bits per heavy atom. The maximum Gasteiger partial charge on any atom is 0.153 e. The number of nitrogens with two attached hydrogens (primary N) is 1. The Hall–Kier alpha value is -2.46. The van der Waals surface area contributed by atoms with Gasteiger partial charge in [-0.15, -0.1) is 0 Å². The van der Waals surface area contributed by atoms with Gasteiger partial charge in [-0.25, -0.2) is 9.67 Å². The first-order valence-electron chi connectivity index (χ1n) is 12.4. The standard InChI is InChI=1S/C25H32ClN7O2/c1-16-6-18(11-28-20-12-30-33(24(20)26)25-8-17(9-25)10-25)19(29-15-27)7-21(16)31-2-4-32(5-3-31)22-13-35-14-23(22)34/h6-7,11-12,15,17,22-23,34H,2-5,8-10,13-14H2,1H3,(H2,27,29). The highest BCUT2D eigenvalue weighted by atomic mass is 35.5. The molecule has 0 spiro atoms. The second-order valence-corrected chi connectivity index (χ2v) is 10.7. The molecule has 2 aliphatic heterocycles. The van der Waals surface area contributed by atoms with Gasteiger partial charge in [0.05, 0.1) is 49.1 Å². The van der Waals surface area contributed by atoms with E-state index in [1.807, 2.05) is 4.68 Å². The number of halogens is 1. The Morgan fingerprint density at radius 3 is 2.54 bits per heavy atom. The van der Waals surface area contributed by atoms with Crippen molar-refractivity contribution in [2.75, 3.05) is 44.3 Å². The van der Waals surface area contributed by atoms with Crippen molar-refractivity contribution in [3.63, 3.8) is 0 Å². The zero-order valence-electron chi connectivity index (χ0n) is 20.0. The van der Waals surface area contributed by atoms with Gasteiger partial charge in [0, 0.05) is 43.6 Å². The van der Waals surface area contributed by atoms with Crippen LogP contribution in [0.15, 0.2) is 28.3 Å². The molecule has 35 heavy (non-hydrogen) atoms. The van der Waals surface area contributed by atoms with E-state index in [1.54, 1.807) is 12.4 Å². The van der Waals surface area contributed by atoms with E-state index in [0.717, 1.165) is 54.6 Å². The second kappa shape index (κ2) is 8.89. The van der Waals surface area contributed by atoms with Gasteiger partial charge in [0.25, 0.3) is 0 Å². The molecule has 0 radical (unpaired) electrons. The lowest BCUT2D eigenvalue weighted by atomic mass is 9.50. The number of hydrogen-bond acceptors (Lipinski definition) is 7. The normalized spacial score (nSPS) is 30.8. The minimum Gasteiger partial charge on any atom is -0.390 e. The molecule has 186 valence electrons. The number of anilines is 1. The molecule has 3 saturated carbocycles. The Morgan fingerprint density at radius 1 is 1.14 bits per heavy atom. The molecule has 2 atom stereocenters. The number of benzene rings is 1. The second-order valence-electron chi connectivity index (χ2n) is 10.4. The van der Waals surface area contributed by atoms with Crippen LogP contribution < -0.4 is 10.6 Å². The van der Waals surface area contributed by atoms with Crippen LogP contribution in [0.5, 0.6) is 0 Å². The van der Waals surface area contributed by atoms with Crippen molar-refractivity contribution in [3.05, 3.63) is 34.6 Å². The summed E-state index contributed by atoms with van der Waals surface area (Å²) in [5, 5.41) is 15.3. The molecule has 0 amide bonds. The fourth-order valence-electron chi connectivity index (χ4n) is 6.09. The first kappa shape index (κ1) is 23.0. The molecule has 5 fully saturated rings. The maximum atomic E-state index is 10.2. The number of ether oxygens (including phenoxy) is 1. The van der Waals surface area contributed by atoms with Gasteiger partial charge in [0.15, 0.2) is 5.15 Å². The van der Waals surface area contributed by atoms with Crippen molar-refractivity contribution in [1.29, 1.82) is 0 Å². The number of piperazine rings is 1. The summed E-state index contributed by atoms with van der Waals surface area (Å²) in [4.78, 5) is 13.8. The summed E-state index contributed by atoms with van der Waals surface area (Å²) in [6.45, 7) is 6.66. The highest BCUT2D eigenvalue weighted by Gasteiger charge is 2.59. The van der Waals surface area contributed by atoms with Crippen molar-refractivity contribution >= 4 is 41.2 Å². The number of rotatable bonds is 6. The van der Waals surface area contributed by atoms with Gasteiger partial charge in [-0.05, 0) is 49.8 Å². The Kier molecular flexibility index (Phi) is 5.83. The number of aliphatic hydroxyl groups is 1. The number of nitrogens with zero attached hydrogens (tertiary/aromatic N) is 6. The molecule has 1 aromatic heterocycles. The molecule has 2 aromatic rings. The highest BCUT2D eigenvalue weighted by molar-refractivity contribution is 6.32. The smallest absolute Gasteiger partial charge is 0.153 e. The minimum atomic E-state index is -0.396. The van der Waals surface area contributed by atoms with E-state index in [9.17, 15) is 5.11 Å². The van der Waals surface area contributed by atoms with E-state index in [-0.39, 0.29) is 11.6 Å². The Bertz CT molecular complexity index is 1150. The quantitative estimate of drug-likeness (QED) is 0.469. The molecule has 3 heterocycles. The topological polar surface area (TPSA) is 104 Å². The summed E-state index contributed by atoms with van der Waals surface area (Å²) in [6.07, 6.45) is 8.00. The number of aryl methyl sites for hydroxylation is 1. The van der Waals surface area contributed by atoms with Gasteiger partial charge in [-0.2, -0.15) is 5.10 Å². The van der Waals surface area contributed by atoms with E-state index >= 15 is 0 Å². The molecule has 3 aliphatic carbocycles. The van der Waals surface area contributed by atoms with Gasteiger partial charge < -0.3 is 20.5 Å². The van der Waals surface area contributed by atoms with Crippen LogP contribution in [0.4, 0.5) is 17.1 Å².